The van der Waals surface area contributed by atoms with Crippen molar-refractivity contribution in [3.8, 4) is 17.1 Å². The summed E-state index contributed by atoms with van der Waals surface area (Å²) in [5, 5.41) is 3.80. The number of carbonyl (C=O) groups is 1. The lowest BCUT2D eigenvalue weighted by atomic mass is 10.1. The van der Waals surface area contributed by atoms with Gasteiger partial charge in [0.15, 0.2) is 12.4 Å². The number of hydrogen-bond acceptors (Lipinski definition) is 5. The number of benzene rings is 2. The summed E-state index contributed by atoms with van der Waals surface area (Å²) in [7, 11) is 0. The monoisotopic (exact) mass is 373 g/mol. The summed E-state index contributed by atoms with van der Waals surface area (Å²) in [6, 6.07) is 13.2. The van der Waals surface area contributed by atoms with Gasteiger partial charge in [-0.15, -0.1) is 0 Å². The minimum Gasteiger partial charge on any atom is -0.484 e. The predicted molar refractivity (Wildman–Crippen MR) is 100 cm³/mol. The van der Waals surface area contributed by atoms with Crippen molar-refractivity contribution in [3.05, 3.63) is 58.6 Å². The van der Waals surface area contributed by atoms with Crippen LogP contribution in [0, 0.1) is 13.8 Å². The first kappa shape index (κ1) is 17.4. The fourth-order valence-electron chi connectivity index (χ4n) is 2.11. The van der Waals surface area contributed by atoms with Gasteiger partial charge in [-0.1, -0.05) is 41.4 Å². The number of carbonyl (C=O) groups excluding carboxylic acids is 1. The van der Waals surface area contributed by atoms with E-state index in [1.807, 2.05) is 38.1 Å². The highest BCUT2D eigenvalue weighted by molar-refractivity contribution is 7.10. The maximum atomic E-state index is 12.0. The van der Waals surface area contributed by atoms with Gasteiger partial charge in [-0.05, 0) is 37.6 Å². The van der Waals surface area contributed by atoms with Crippen molar-refractivity contribution >= 4 is 34.2 Å². The zero-order chi connectivity index (χ0) is 17.8. The van der Waals surface area contributed by atoms with Crippen LogP contribution in [0.1, 0.15) is 11.1 Å². The van der Waals surface area contributed by atoms with Gasteiger partial charge in [0.2, 0.25) is 5.13 Å². The molecule has 0 unspecified atom stereocenters. The van der Waals surface area contributed by atoms with Crippen LogP contribution < -0.4 is 10.1 Å². The molecule has 0 bridgehead atoms. The molecule has 5 nitrogen and oxygen atoms in total. The summed E-state index contributed by atoms with van der Waals surface area (Å²) >= 11 is 7.10. The summed E-state index contributed by atoms with van der Waals surface area (Å²) in [5.74, 6) is 0.892. The molecule has 3 aromatic rings. The van der Waals surface area contributed by atoms with Gasteiger partial charge in [-0.3, -0.25) is 10.1 Å². The molecule has 1 amide bonds. The fourth-order valence-corrected chi connectivity index (χ4v) is 2.83. The Hall–Kier alpha value is -2.44. The van der Waals surface area contributed by atoms with E-state index in [2.05, 4.69) is 14.7 Å². The van der Waals surface area contributed by atoms with Crippen LogP contribution in [0.15, 0.2) is 42.5 Å². The van der Waals surface area contributed by atoms with E-state index in [0.717, 1.165) is 22.7 Å². The smallest absolute Gasteiger partial charge is 0.264 e. The maximum Gasteiger partial charge on any atom is 0.264 e. The number of nitrogens with one attached hydrogen (secondary N) is 1. The summed E-state index contributed by atoms with van der Waals surface area (Å²) in [6.07, 6.45) is 0. The number of aryl methyl sites for hydroxylation is 2. The molecule has 0 radical (unpaired) electrons. The normalized spacial score (nSPS) is 10.5. The standard InChI is InChI=1S/C18H16ClN3O2S/c1-11-3-5-13(6-4-11)17-21-18(25-22-17)20-16(23)10-24-14-7-8-15(19)12(2)9-14/h3-9H,10H2,1-2H3,(H,20,21,22,23). The van der Waals surface area contributed by atoms with Crippen molar-refractivity contribution in [1.29, 1.82) is 0 Å². The zero-order valence-corrected chi connectivity index (χ0v) is 15.3. The van der Waals surface area contributed by atoms with Crippen LogP contribution in [0.5, 0.6) is 5.75 Å². The van der Waals surface area contributed by atoms with E-state index in [1.165, 1.54) is 5.56 Å². The summed E-state index contributed by atoms with van der Waals surface area (Å²) in [4.78, 5) is 16.3. The molecule has 1 heterocycles. The highest BCUT2D eigenvalue weighted by atomic mass is 35.5. The van der Waals surface area contributed by atoms with Crippen molar-refractivity contribution in [1.82, 2.24) is 9.36 Å². The Morgan fingerprint density at radius 3 is 2.68 bits per heavy atom. The van der Waals surface area contributed by atoms with Crippen LogP contribution in [0.3, 0.4) is 0 Å². The van der Waals surface area contributed by atoms with E-state index in [0.29, 0.717) is 21.7 Å². The van der Waals surface area contributed by atoms with E-state index in [1.54, 1.807) is 18.2 Å². The molecule has 0 aliphatic heterocycles. The van der Waals surface area contributed by atoms with Crippen LogP contribution in [0.4, 0.5) is 5.13 Å². The van der Waals surface area contributed by atoms with Crippen molar-refractivity contribution in [2.24, 2.45) is 0 Å². The average molecular weight is 374 g/mol. The van der Waals surface area contributed by atoms with Crippen molar-refractivity contribution in [2.75, 3.05) is 11.9 Å². The number of halogens is 1. The van der Waals surface area contributed by atoms with Gasteiger partial charge in [0.25, 0.3) is 5.91 Å². The maximum absolute atomic E-state index is 12.0. The number of aromatic nitrogens is 2. The van der Waals surface area contributed by atoms with Gasteiger partial charge < -0.3 is 4.74 Å². The van der Waals surface area contributed by atoms with E-state index in [4.69, 9.17) is 16.3 Å². The van der Waals surface area contributed by atoms with Gasteiger partial charge >= 0.3 is 0 Å². The van der Waals surface area contributed by atoms with Crippen LogP contribution in [0.2, 0.25) is 5.02 Å². The predicted octanol–water partition coefficient (Wildman–Crippen LogP) is 4.49. The molecule has 25 heavy (non-hydrogen) atoms. The molecule has 2 aromatic carbocycles. The summed E-state index contributed by atoms with van der Waals surface area (Å²) in [5.41, 5.74) is 2.98. The lowest BCUT2D eigenvalue weighted by molar-refractivity contribution is -0.118. The summed E-state index contributed by atoms with van der Waals surface area (Å²) < 4.78 is 9.74. The average Bonchev–Trinajstić information content (AvgIpc) is 3.05. The Labute approximate surface area is 154 Å². The number of rotatable bonds is 5. The Bertz CT molecular complexity index is 894. The first-order valence-electron chi connectivity index (χ1n) is 7.61. The third kappa shape index (κ3) is 4.55. The second-order valence-corrected chi connectivity index (χ2v) is 6.70. The highest BCUT2D eigenvalue weighted by Gasteiger charge is 2.10. The van der Waals surface area contributed by atoms with Gasteiger partial charge in [0.1, 0.15) is 5.75 Å². The van der Waals surface area contributed by atoms with Crippen molar-refractivity contribution in [3.63, 3.8) is 0 Å². The van der Waals surface area contributed by atoms with E-state index in [9.17, 15) is 4.79 Å². The molecule has 7 heteroatoms. The first-order chi connectivity index (χ1) is 12.0. The van der Waals surface area contributed by atoms with E-state index >= 15 is 0 Å². The molecule has 1 N–H and O–H groups in total. The lowest BCUT2D eigenvalue weighted by Crippen LogP contribution is -2.20. The van der Waals surface area contributed by atoms with Crippen LogP contribution in [-0.4, -0.2) is 21.9 Å². The van der Waals surface area contributed by atoms with Gasteiger partial charge in [0.05, 0.1) is 0 Å². The second kappa shape index (κ2) is 7.63. The molecule has 0 atom stereocenters. The third-order valence-electron chi connectivity index (χ3n) is 3.48. The number of amides is 1. The lowest BCUT2D eigenvalue weighted by Gasteiger charge is -2.07. The number of hydrogen-bond donors (Lipinski definition) is 1. The highest BCUT2D eigenvalue weighted by Crippen LogP contribution is 2.22. The largest absolute Gasteiger partial charge is 0.484 e. The fraction of sp³-hybridized carbons (Fsp3) is 0.167. The number of anilines is 1. The van der Waals surface area contributed by atoms with E-state index < -0.39 is 0 Å². The summed E-state index contributed by atoms with van der Waals surface area (Å²) in [6.45, 7) is 3.79. The SMILES string of the molecule is Cc1ccc(-c2nsc(NC(=O)COc3ccc(Cl)c(C)c3)n2)cc1. The molecule has 1 aromatic heterocycles. The van der Waals surface area contributed by atoms with Crippen molar-refractivity contribution < 1.29 is 9.53 Å². The Balaban J connectivity index is 1.58. The Kier molecular flexibility index (Phi) is 5.31. The molecule has 0 fully saturated rings. The van der Waals surface area contributed by atoms with Crippen LogP contribution >= 0.6 is 23.1 Å². The Morgan fingerprint density at radius 1 is 1.20 bits per heavy atom. The van der Waals surface area contributed by atoms with Crippen LogP contribution in [0.25, 0.3) is 11.4 Å². The van der Waals surface area contributed by atoms with E-state index in [-0.39, 0.29) is 12.5 Å². The van der Waals surface area contributed by atoms with Gasteiger partial charge in [-0.2, -0.15) is 9.36 Å². The number of ether oxygens (including phenoxy) is 1. The molecule has 3 rings (SSSR count). The molecular formula is C18H16ClN3O2S. The van der Waals surface area contributed by atoms with Gasteiger partial charge in [-0.25, -0.2) is 0 Å². The molecular weight excluding hydrogens is 358 g/mol. The molecule has 0 spiro atoms. The van der Waals surface area contributed by atoms with Gasteiger partial charge in [0, 0.05) is 22.1 Å². The Morgan fingerprint density at radius 2 is 1.96 bits per heavy atom. The molecule has 0 saturated heterocycles. The quantitative estimate of drug-likeness (QED) is 0.715. The third-order valence-corrected chi connectivity index (χ3v) is 4.54. The second-order valence-electron chi connectivity index (χ2n) is 5.54. The molecule has 0 aliphatic rings. The number of nitrogens with zero attached hydrogens (tertiary/aromatic N) is 2. The zero-order valence-electron chi connectivity index (χ0n) is 13.7. The first-order valence-corrected chi connectivity index (χ1v) is 8.76. The topological polar surface area (TPSA) is 64.1 Å². The molecule has 128 valence electrons. The van der Waals surface area contributed by atoms with Crippen molar-refractivity contribution in [2.45, 2.75) is 13.8 Å². The molecule has 0 aliphatic carbocycles. The minimum atomic E-state index is -0.292. The van der Waals surface area contributed by atoms with Crippen LogP contribution in [-0.2, 0) is 4.79 Å². The minimum absolute atomic E-state index is 0.111. The molecule has 0 saturated carbocycles.